The van der Waals surface area contributed by atoms with E-state index in [0.29, 0.717) is 0 Å². The Balaban J connectivity index is 5.20. The van der Waals surface area contributed by atoms with Crippen molar-refractivity contribution < 1.29 is 4.79 Å². The quantitative estimate of drug-likeness (QED) is 0.610. The van der Waals surface area contributed by atoms with Crippen molar-refractivity contribution in [2.24, 2.45) is 16.9 Å². The Morgan fingerprint density at radius 2 is 1.86 bits per heavy atom. The van der Waals surface area contributed by atoms with E-state index in [4.69, 9.17) is 11.5 Å². The molecule has 0 heterocycles. The number of carbonyl (C=O) groups is 1. The molecule has 82 valence electrons. The highest BCUT2D eigenvalue weighted by Crippen LogP contribution is 2.30. The second-order valence-electron chi connectivity index (χ2n) is 4.57. The fraction of sp³-hybridized carbons (Fsp3) is 0.700. The van der Waals surface area contributed by atoms with Gasteiger partial charge < -0.3 is 16.8 Å². The van der Waals surface area contributed by atoms with Gasteiger partial charge in [0, 0.05) is 6.54 Å². The van der Waals surface area contributed by atoms with Crippen LogP contribution in [0.3, 0.4) is 0 Å². The smallest absolute Gasteiger partial charge is 0.156 e. The van der Waals surface area contributed by atoms with Crippen LogP contribution in [0.15, 0.2) is 12.4 Å². The van der Waals surface area contributed by atoms with E-state index in [0.717, 1.165) is 0 Å². The van der Waals surface area contributed by atoms with E-state index in [9.17, 15) is 4.79 Å². The van der Waals surface area contributed by atoms with Gasteiger partial charge >= 0.3 is 0 Å². The average Bonchev–Trinajstić information content (AvgIpc) is 1.96. The molecule has 0 saturated heterocycles. The predicted molar refractivity (Wildman–Crippen MR) is 58.4 cm³/mol. The summed E-state index contributed by atoms with van der Waals surface area (Å²) in [5, 5.41) is 2.89. The molecular formula is C10H21N3O. The number of Topliss-reactive ketones (excluding diaryl/α,β-unsaturated/α-hetero) is 1. The molecule has 0 aliphatic heterocycles. The summed E-state index contributed by atoms with van der Waals surface area (Å²) >= 11 is 0. The van der Waals surface area contributed by atoms with Gasteiger partial charge in [-0.1, -0.05) is 27.4 Å². The Labute approximate surface area is 85.7 Å². The number of ketones is 1. The topological polar surface area (TPSA) is 81.1 Å². The fourth-order valence-corrected chi connectivity index (χ4v) is 1.58. The summed E-state index contributed by atoms with van der Waals surface area (Å²) in [6, 6.07) is 0. The van der Waals surface area contributed by atoms with Crippen LogP contribution in [0.1, 0.15) is 27.7 Å². The standard InChI is InChI=1S/C10H21N3O/c1-7(14)10(6-11,9(3,4)5)13-8(2)12/h13H,2,6,11-12H2,1,3-5H3. The minimum atomic E-state index is -0.834. The molecule has 0 aromatic carbocycles. The Bertz CT molecular complexity index is 242. The summed E-state index contributed by atoms with van der Waals surface area (Å²) in [5.41, 5.74) is 9.99. The number of rotatable bonds is 4. The molecule has 0 bridgehead atoms. The summed E-state index contributed by atoms with van der Waals surface area (Å²) in [4.78, 5) is 11.6. The Kier molecular flexibility index (Phi) is 3.71. The molecule has 0 aromatic rings. The van der Waals surface area contributed by atoms with Crippen LogP contribution in [0.5, 0.6) is 0 Å². The van der Waals surface area contributed by atoms with E-state index in [1.165, 1.54) is 6.92 Å². The second kappa shape index (κ2) is 4.00. The summed E-state index contributed by atoms with van der Waals surface area (Å²) in [6.45, 7) is 11.1. The van der Waals surface area contributed by atoms with E-state index in [1.807, 2.05) is 20.8 Å². The molecule has 1 atom stereocenters. The molecule has 4 heteroatoms. The Morgan fingerprint density at radius 3 is 1.93 bits per heavy atom. The number of hydrogen-bond acceptors (Lipinski definition) is 4. The zero-order valence-electron chi connectivity index (χ0n) is 9.48. The SMILES string of the molecule is C=C(N)NC(CN)(C(C)=O)C(C)(C)C. The highest BCUT2D eigenvalue weighted by atomic mass is 16.1. The molecule has 1 unspecified atom stereocenters. The van der Waals surface area contributed by atoms with Crippen LogP contribution in [0.25, 0.3) is 0 Å². The molecule has 0 spiro atoms. The molecule has 5 N–H and O–H groups in total. The third-order valence-corrected chi connectivity index (χ3v) is 2.56. The van der Waals surface area contributed by atoms with Crippen molar-refractivity contribution in [3.8, 4) is 0 Å². The highest BCUT2D eigenvalue weighted by Gasteiger charge is 2.45. The average molecular weight is 199 g/mol. The third-order valence-electron chi connectivity index (χ3n) is 2.56. The first-order valence-electron chi connectivity index (χ1n) is 4.61. The molecule has 0 amide bonds. The van der Waals surface area contributed by atoms with Crippen LogP contribution in [-0.4, -0.2) is 17.9 Å². The van der Waals surface area contributed by atoms with Gasteiger partial charge in [0.15, 0.2) is 5.78 Å². The van der Waals surface area contributed by atoms with E-state index in [1.54, 1.807) is 0 Å². The molecule has 0 radical (unpaired) electrons. The Morgan fingerprint density at radius 1 is 1.43 bits per heavy atom. The van der Waals surface area contributed by atoms with E-state index in [-0.39, 0.29) is 23.6 Å². The highest BCUT2D eigenvalue weighted by molar-refractivity contribution is 5.87. The van der Waals surface area contributed by atoms with Crippen molar-refractivity contribution in [3.05, 3.63) is 12.4 Å². The maximum absolute atomic E-state index is 11.6. The molecule has 4 nitrogen and oxygen atoms in total. The van der Waals surface area contributed by atoms with Crippen LogP contribution in [0, 0.1) is 5.41 Å². The Hall–Kier alpha value is -1.03. The first-order chi connectivity index (χ1) is 6.17. The maximum atomic E-state index is 11.6. The molecule has 14 heavy (non-hydrogen) atoms. The number of hydrogen-bond donors (Lipinski definition) is 3. The van der Waals surface area contributed by atoms with Gasteiger partial charge in [-0.25, -0.2) is 0 Å². The van der Waals surface area contributed by atoms with Crippen LogP contribution in [0.4, 0.5) is 0 Å². The van der Waals surface area contributed by atoms with Gasteiger partial charge in [-0.3, -0.25) is 4.79 Å². The largest absolute Gasteiger partial charge is 0.386 e. The molecule has 0 rings (SSSR count). The number of nitrogens with one attached hydrogen (secondary N) is 1. The van der Waals surface area contributed by atoms with Gasteiger partial charge in [-0.05, 0) is 12.3 Å². The van der Waals surface area contributed by atoms with Crippen molar-refractivity contribution in [3.63, 3.8) is 0 Å². The minimum absolute atomic E-state index is 0.0286. The van der Waals surface area contributed by atoms with Gasteiger partial charge in [-0.2, -0.15) is 0 Å². The monoisotopic (exact) mass is 199 g/mol. The van der Waals surface area contributed by atoms with Gasteiger partial charge in [0.1, 0.15) is 5.54 Å². The van der Waals surface area contributed by atoms with Gasteiger partial charge in [0.25, 0.3) is 0 Å². The molecule has 0 fully saturated rings. The lowest BCUT2D eigenvalue weighted by atomic mass is 9.71. The number of nitrogens with two attached hydrogens (primary N) is 2. The van der Waals surface area contributed by atoms with Gasteiger partial charge in [0.05, 0.1) is 5.82 Å². The van der Waals surface area contributed by atoms with Gasteiger partial charge in [0.2, 0.25) is 0 Å². The molecule has 0 aliphatic rings. The van der Waals surface area contributed by atoms with Crippen LogP contribution >= 0.6 is 0 Å². The number of carbonyl (C=O) groups excluding carboxylic acids is 1. The summed E-state index contributed by atoms with van der Waals surface area (Å²) in [6.07, 6.45) is 0. The first kappa shape index (κ1) is 13.0. The fourth-order valence-electron chi connectivity index (χ4n) is 1.58. The second-order valence-corrected chi connectivity index (χ2v) is 4.57. The normalized spacial score (nSPS) is 15.8. The summed E-state index contributed by atoms with van der Waals surface area (Å²) in [5.74, 6) is 0.236. The van der Waals surface area contributed by atoms with Crippen LogP contribution < -0.4 is 16.8 Å². The van der Waals surface area contributed by atoms with Crippen molar-refractivity contribution >= 4 is 5.78 Å². The molecule has 0 saturated carbocycles. The zero-order valence-corrected chi connectivity index (χ0v) is 9.48. The molecule has 0 aliphatic carbocycles. The third kappa shape index (κ3) is 2.26. The van der Waals surface area contributed by atoms with Crippen LogP contribution in [0.2, 0.25) is 0 Å². The van der Waals surface area contributed by atoms with E-state index in [2.05, 4.69) is 11.9 Å². The van der Waals surface area contributed by atoms with Crippen molar-refractivity contribution in [1.29, 1.82) is 0 Å². The first-order valence-corrected chi connectivity index (χ1v) is 4.61. The lowest BCUT2D eigenvalue weighted by molar-refractivity contribution is -0.126. The zero-order chi connectivity index (χ0) is 11.6. The molecular weight excluding hydrogens is 178 g/mol. The predicted octanol–water partition coefficient (Wildman–Crippen LogP) is 0.338. The summed E-state index contributed by atoms with van der Waals surface area (Å²) < 4.78 is 0. The lowest BCUT2D eigenvalue weighted by Crippen LogP contribution is -2.64. The minimum Gasteiger partial charge on any atom is -0.386 e. The van der Waals surface area contributed by atoms with Gasteiger partial charge in [-0.15, -0.1) is 0 Å². The van der Waals surface area contributed by atoms with E-state index < -0.39 is 5.54 Å². The molecule has 0 aromatic heterocycles. The van der Waals surface area contributed by atoms with Crippen molar-refractivity contribution in [2.45, 2.75) is 33.2 Å². The maximum Gasteiger partial charge on any atom is 0.156 e. The summed E-state index contributed by atoms with van der Waals surface area (Å²) in [7, 11) is 0. The van der Waals surface area contributed by atoms with E-state index >= 15 is 0 Å². The van der Waals surface area contributed by atoms with Crippen molar-refractivity contribution in [2.75, 3.05) is 6.54 Å². The van der Waals surface area contributed by atoms with Crippen LogP contribution in [-0.2, 0) is 4.79 Å². The van der Waals surface area contributed by atoms with Crippen molar-refractivity contribution in [1.82, 2.24) is 5.32 Å². The lowest BCUT2D eigenvalue weighted by Gasteiger charge is -2.43.